The third-order valence-corrected chi connectivity index (χ3v) is 2.16. The van der Waals surface area contributed by atoms with E-state index in [0.29, 0.717) is 10.8 Å². The Morgan fingerprint density at radius 2 is 2.18 bits per heavy atom. The Morgan fingerprint density at radius 3 is 2.71 bits per heavy atom. The summed E-state index contributed by atoms with van der Waals surface area (Å²) in [6, 6.07) is 2.96. The zero-order valence-corrected chi connectivity index (χ0v) is 10.2. The highest BCUT2D eigenvalue weighted by Crippen LogP contribution is 2.35. The van der Waals surface area contributed by atoms with E-state index in [1.54, 1.807) is 0 Å². The van der Waals surface area contributed by atoms with Crippen LogP contribution >= 0.6 is 11.6 Å². The van der Waals surface area contributed by atoms with Crippen molar-refractivity contribution in [1.82, 2.24) is 0 Å². The first kappa shape index (κ1) is 13.2. The van der Waals surface area contributed by atoms with Crippen molar-refractivity contribution in [3.8, 4) is 23.8 Å². The number of hydrogen-bond donors (Lipinski definition) is 0. The molecule has 0 spiro atoms. The quantitative estimate of drug-likeness (QED) is 0.610. The molecule has 0 atom stereocenters. The molecule has 4 nitrogen and oxygen atoms in total. The molecule has 0 N–H and O–H groups in total. The first-order valence-corrected chi connectivity index (χ1v) is 5.04. The van der Waals surface area contributed by atoms with Gasteiger partial charge in [-0.25, -0.2) is 4.79 Å². The molecule has 0 aliphatic heterocycles. The predicted octanol–water partition coefficient (Wildman–Crippen LogP) is 2.15. The van der Waals surface area contributed by atoms with Crippen molar-refractivity contribution in [3.63, 3.8) is 0 Å². The lowest BCUT2D eigenvalue weighted by molar-refractivity contribution is 0.0596. The van der Waals surface area contributed by atoms with Gasteiger partial charge in [0.15, 0.2) is 11.5 Å². The second kappa shape index (κ2) is 6.02. The highest BCUT2D eigenvalue weighted by Gasteiger charge is 2.19. The van der Waals surface area contributed by atoms with Crippen molar-refractivity contribution in [2.24, 2.45) is 0 Å². The van der Waals surface area contributed by atoms with Gasteiger partial charge < -0.3 is 14.2 Å². The van der Waals surface area contributed by atoms with Gasteiger partial charge in [-0.3, -0.25) is 0 Å². The second-order valence-corrected chi connectivity index (χ2v) is 3.41. The summed E-state index contributed by atoms with van der Waals surface area (Å²) in [5, 5.41) is 0.343. The molecule has 1 rings (SSSR count). The van der Waals surface area contributed by atoms with Gasteiger partial charge >= 0.3 is 5.97 Å². The van der Waals surface area contributed by atoms with E-state index < -0.39 is 5.97 Å². The molecule has 0 radical (unpaired) electrons. The largest absolute Gasteiger partial charge is 0.493 e. The van der Waals surface area contributed by atoms with Gasteiger partial charge in [-0.05, 0) is 6.07 Å². The maximum Gasteiger partial charge on any atom is 0.341 e. The van der Waals surface area contributed by atoms with Gasteiger partial charge in [0.25, 0.3) is 0 Å². The standard InChI is InChI=1S/C12H11ClO4/c1-4-5-17-11-9(12(14)16-3)6-8(13)7-10(11)15-2/h1,6-7H,5H2,2-3H3. The molecule has 0 amide bonds. The number of rotatable bonds is 4. The summed E-state index contributed by atoms with van der Waals surface area (Å²) in [4.78, 5) is 11.5. The first-order chi connectivity index (χ1) is 8.13. The summed E-state index contributed by atoms with van der Waals surface area (Å²) >= 11 is 5.85. The molecule has 0 saturated carbocycles. The molecule has 0 unspecified atom stereocenters. The van der Waals surface area contributed by atoms with Crippen molar-refractivity contribution < 1.29 is 19.0 Å². The average molecular weight is 255 g/mol. The molecule has 1 aromatic rings. The van der Waals surface area contributed by atoms with E-state index >= 15 is 0 Å². The Balaban J connectivity index is 3.28. The molecular formula is C12H11ClO4. The van der Waals surface area contributed by atoms with Crippen LogP contribution in [0.1, 0.15) is 10.4 Å². The normalized spacial score (nSPS) is 9.29. The second-order valence-electron chi connectivity index (χ2n) is 2.97. The van der Waals surface area contributed by atoms with Crippen LogP contribution in [0.3, 0.4) is 0 Å². The summed E-state index contributed by atoms with van der Waals surface area (Å²) in [5.41, 5.74) is 0.173. The average Bonchev–Trinajstić information content (AvgIpc) is 2.35. The van der Waals surface area contributed by atoms with Crippen LogP contribution in [0, 0.1) is 12.3 Å². The fourth-order valence-electron chi connectivity index (χ4n) is 1.24. The van der Waals surface area contributed by atoms with Gasteiger partial charge in [0.05, 0.1) is 14.2 Å². The van der Waals surface area contributed by atoms with Gasteiger partial charge in [-0.15, -0.1) is 6.42 Å². The topological polar surface area (TPSA) is 44.8 Å². The summed E-state index contributed by atoms with van der Waals surface area (Å²) < 4.78 is 15.0. The Bertz CT molecular complexity index is 462. The van der Waals surface area contributed by atoms with Crippen LogP contribution in [-0.4, -0.2) is 26.8 Å². The monoisotopic (exact) mass is 254 g/mol. The molecule has 17 heavy (non-hydrogen) atoms. The summed E-state index contributed by atoms with van der Waals surface area (Å²) in [6.07, 6.45) is 5.10. The Morgan fingerprint density at radius 1 is 1.47 bits per heavy atom. The number of carbonyl (C=O) groups excluding carboxylic acids is 1. The summed E-state index contributed by atoms with van der Waals surface area (Å²) in [5.74, 6) is 2.28. The molecule has 0 aliphatic rings. The number of terminal acetylenes is 1. The highest BCUT2D eigenvalue weighted by atomic mass is 35.5. The minimum absolute atomic E-state index is 0.0159. The van der Waals surface area contributed by atoms with Crippen LogP contribution in [0.4, 0.5) is 0 Å². The lowest BCUT2D eigenvalue weighted by Crippen LogP contribution is -2.07. The number of hydrogen-bond acceptors (Lipinski definition) is 4. The maximum atomic E-state index is 11.5. The lowest BCUT2D eigenvalue weighted by atomic mass is 10.2. The van der Waals surface area contributed by atoms with E-state index in [1.807, 2.05) is 0 Å². The van der Waals surface area contributed by atoms with Crippen LogP contribution in [0.2, 0.25) is 5.02 Å². The Hall–Kier alpha value is -1.86. The molecular weight excluding hydrogens is 244 g/mol. The predicted molar refractivity (Wildman–Crippen MR) is 63.7 cm³/mol. The van der Waals surface area contributed by atoms with Crippen LogP contribution in [-0.2, 0) is 4.74 Å². The summed E-state index contributed by atoms with van der Waals surface area (Å²) in [6.45, 7) is 0.0159. The fraction of sp³-hybridized carbons (Fsp3) is 0.250. The van der Waals surface area contributed by atoms with Crippen molar-refractivity contribution in [2.75, 3.05) is 20.8 Å². The fourth-order valence-corrected chi connectivity index (χ4v) is 1.45. The lowest BCUT2D eigenvalue weighted by Gasteiger charge is -2.13. The van der Waals surface area contributed by atoms with Crippen LogP contribution in [0.25, 0.3) is 0 Å². The minimum Gasteiger partial charge on any atom is -0.493 e. The third kappa shape index (κ3) is 3.05. The molecule has 0 fully saturated rings. The zero-order chi connectivity index (χ0) is 12.8. The molecule has 0 saturated heterocycles. The Labute approximate surface area is 104 Å². The number of benzene rings is 1. The van der Waals surface area contributed by atoms with E-state index in [0.717, 1.165) is 0 Å². The zero-order valence-electron chi connectivity index (χ0n) is 9.45. The van der Waals surface area contributed by atoms with Crippen molar-refractivity contribution in [1.29, 1.82) is 0 Å². The maximum absolute atomic E-state index is 11.5. The van der Waals surface area contributed by atoms with E-state index in [9.17, 15) is 4.79 Å². The van der Waals surface area contributed by atoms with Crippen LogP contribution in [0.15, 0.2) is 12.1 Å². The van der Waals surface area contributed by atoms with Crippen molar-refractivity contribution in [3.05, 3.63) is 22.7 Å². The number of ether oxygens (including phenoxy) is 3. The number of carbonyl (C=O) groups is 1. The number of esters is 1. The molecule has 0 bridgehead atoms. The summed E-state index contributed by atoms with van der Waals surface area (Å²) in [7, 11) is 2.70. The first-order valence-electron chi connectivity index (χ1n) is 4.66. The van der Waals surface area contributed by atoms with Gasteiger partial charge in [-0.1, -0.05) is 17.5 Å². The van der Waals surface area contributed by atoms with Gasteiger partial charge in [0.1, 0.15) is 12.2 Å². The van der Waals surface area contributed by atoms with Crippen LogP contribution < -0.4 is 9.47 Å². The number of halogens is 1. The van der Waals surface area contributed by atoms with Crippen molar-refractivity contribution in [2.45, 2.75) is 0 Å². The van der Waals surface area contributed by atoms with Gasteiger partial charge in [0, 0.05) is 11.1 Å². The third-order valence-electron chi connectivity index (χ3n) is 1.94. The van der Waals surface area contributed by atoms with E-state index in [2.05, 4.69) is 10.7 Å². The van der Waals surface area contributed by atoms with Crippen LogP contribution in [0.5, 0.6) is 11.5 Å². The smallest absolute Gasteiger partial charge is 0.341 e. The van der Waals surface area contributed by atoms with E-state index in [4.69, 9.17) is 27.5 Å². The molecule has 0 heterocycles. The molecule has 0 aromatic heterocycles. The Kier molecular flexibility index (Phi) is 4.68. The van der Waals surface area contributed by atoms with Gasteiger partial charge in [-0.2, -0.15) is 0 Å². The van der Waals surface area contributed by atoms with E-state index in [1.165, 1.54) is 26.4 Å². The van der Waals surface area contributed by atoms with Gasteiger partial charge in [0.2, 0.25) is 0 Å². The highest BCUT2D eigenvalue weighted by molar-refractivity contribution is 6.31. The number of methoxy groups -OCH3 is 2. The molecule has 1 aromatic carbocycles. The molecule has 90 valence electrons. The SMILES string of the molecule is C#CCOc1c(OC)cc(Cl)cc1C(=O)OC. The van der Waals surface area contributed by atoms with Crippen molar-refractivity contribution >= 4 is 17.6 Å². The molecule has 0 aliphatic carbocycles. The van der Waals surface area contributed by atoms with E-state index in [-0.39, 0.29) is 17.9 Å². The molecule has 5 heteroatoms. The minimum atomic E-state index is -0.571.